The maximum Gasteiger partial charge on any atom is 0.190 e. The average Bonchev–Trinajstić information content (AvgIpc) is 2.85. The molecule has 1 aliphatic carbocycles. The fraction of sp³-hybridized carbons (Fsp3) is 0.500. The van der Waals surface area contributed by atoms with Gasteiger partial charge in [-0.1, -0.05) is 26.7 Å². The number of rotatable bonds is 2. The summed E-state index contributed by atoms with van der Waals surface area (Å²) in [4.78, 5) is 5.78. The first-order valence-corrected chi connectivity index (χ1v) is 8.91. The lowest BCUT2D eigenvalue weighted by Crippen LogP contribution is -2.32. The molecule has 0 amide bonds. The summed E-state index contributed by atoms with van der Waals surface area (Å²) in [6.07, 6.45) is 3.83. The van der Waals surface area contributed by atoms with E-state index in [0.717, 1.165) is 16.4 Å². The lowest BCUT2D eigenvalue weighted by Gasteiger charge is -2.35. The zero-order valence-electron chi connectivity index (χ0n) is 13.4. The Kier molecular flexibility index (Phi) is 4.48. The number of thiazole rings is 1. The molecular weight excluding hydrogens is 295 g/mol. The van der Waals surface area contributed by atoms with Gasteiger partial charge in [-0.05, 0) is 49.4 Å². The van der Waals surface area contributed by atoms with Crippen molar-refractivity contribution in [1.29, 1.82) is 0 Å². The predicted molar refractivity (Wildman–Crippen MR) is 89.9 cm³/mol. The van der Waals surface area contributed by atoms with Gasteiger partial charge in [-0.2, -0.15) is 0 Å². The molecule has 2 nitrogen and oxygen atoms in total. The molecule has 3 unspecified atom stereocenters. The van der Waals surface area contributed by atoms with Crippen molar-refractivity contribution in [3.05, 3.63) is 46.0 Å². The summed E-state index contributed by atoms with van der Waals surface area (Å²) in [6.45, 7) is 6.88. The third kappa shape index (κ3) is 3.02. The molecule has 0 N–H and O–H groups in total. The van der Waals surface area contributed by atoms with Crippen LogP contribution in [0.3, 0.4) is 0 Å². The Morgan fingerprint density at radius 2 is 1.91 bits per heavy atom. The first kappa shape index (κ1) is 15.5. The van der Waals surface area contributed by atoms with Crippen LogP contribution in [0.15, 0.2) is 34.6 Å². The molecule has 1 aromatic heterocycles. The third-order valence-corrected chi connectivity index (χ3v) is 5.93. The van der Waals surface area contributed by atoms with Gasteiger partial charge in [0, 0.05) is 17.1 Å². The summed E-state index contributed by atoms with van der Waals surface area (Å²) >= 11 is 1.67. The molecule has 3 rings (SSSR count). The number of hydrogen-bond donors (Lipinski definition) is 0. The number of aryl methyl sites for hydroxylation is 1. The van der Waals surface area contributed by atoms with Crippen LogP contribution in [-0.4, -0.2) is 4.57 Å². The Bertz CT molecular complexity index is 699. The lowest BCUT2D eigenvalue weighted by atomic mass is 9.78. The molecule has 0 saturated heterocycles. The van der Waals surface area contributed by atoms with E-state index >= 15 is 0 Å². The molecule has 1 aliphatic rings. The van der Waals surface area contributed by atoms with Crippen molar-refractivity contribution in [2.24, 2.45) is 16.8 Å². The minimum Gasteiger partial charge on any atom is -0.318 e. The maximum absolute atomic E-state index is 13.0. The summed E-state index contributed by atoms with van der Waals surface area (Å²) in [5.74, 6) is 1.20. The first-order chi connectivity index (χ1) is 10.6. The lowest BCUT2D eigenvalue weighted by molar-refractivity contribution is 0.182. The molecule has 1 aromatic carbocycles. The fourth-order valence-corrected chi connectivity index (χ4v) is 4.37. The van der Waals surface area contributed by atoms with Gasteiger partial charge in [0.05, 0.1) is 5.69 Å². The van der Waals surface area contributed by atoms with Crippen molar-refractivity contribution >= 4 is 17.0 Å². The second-order valence-electron chi connectivity index (χ2n) is 6.45. The molecule has 0 radical (unpaired) electrons. The number of benzene rings is 1. The van der Waals surface area contributed by atoms with Gasteiger partial charge in [0.2, 0.25) is 0 Å². The van der Waals surface area contributed by atoms with Crippen LogP contribution in [0.5, 0.6) is 0 Å². The van der Waals surface area contributed by atoms with Crippen LogP contribution >= 0.6 is 11.3 Å². The van der Waals surface area contributed by atoms with Gasteiger partial charge in [0.25, 0.3) is 0 Å². The number of hydrogen-bond acceptors (Lipinski definition) is 2. The van der Waals surface area contributed by atoms with Gasteiger partial charge in [0.1, 0.15) is 5.82 Å². The minimum absolute atomic E-state index is 0.219. The Morgan fingerprint density at radius 3 is 2.64 bits per heavy atom. The Hall–Kier alpha value is -1.42. The Morgan fingerprint density at radius 1 is 1.18 bits per heavy atom. The van der Waals surface area contributed by atoms with E-state index in [4.69, 9.17) is 4.99 Å². The van der Waals surface area contributed by atoms with E-state index in [1.165, 1.54) is 37.1 Å². The number of halogens is 1. The van der Waals surface area contributed by atoms with Gasteiger partial charge in [0.15, 0.2) is 4.80 Å². The van der Waals surface area contributed by atoms with Crippen molar-refractivity contribution in [3.63, 3.8) is 0 Å². The fourth-order valence-electron chi connectivity index (χ4n) is 3.43. The maximum atomic E-state index is 13.0. The van der Waals surface area contributed by atoms with Crippen molar-refractivity contribution in [1.82, 2.24) is 4.57 Å². The molecule has 0 bridgehead atoms. The quantitative estimate of drug-likeness (QED) is 0.722. The summed E-state index contributed by atoms with van der Waals surface area (Å²) in [5, 5.41) is 2.17. The topological polar surface area (TPSA) is 17.3 Å². The Labute approximate surface area is 135 Å². The summed E-state index contributed by atoms with van der Waals surface area (Å²) in [7, 11) is 0. The molecule has 0 spiro atoms. The second-order valence-corrected chi connectivity index (χ2v) is 7.29. The van der Waals surface area contributed by atoms with Crippen LogP contribution in [0.25, 0.3) is 0 Å². The van der Waals surface area contributed by atoms with Gasteiger partial charge in [-0.25, -0.2) is 9.38 Å². The minimum atomic E-state index is -0.219. The molecule has 1 fully saturated rings. The third-order valence-electron chi connectivity index (χ3n) is 4.97. The van der Waals surface area contributed by atoms with Crippen molar-refractivity contribution in [2.75, 3.05) is 0 Å². The standard InChI is InChI=1S/C18H23FN2S/c1-12-5-4-6-17(14(12)3)21-13(2)11-22-18(21)20-16-9-7-15(19)8-10-16/h7-12,14,17H,4-6H2,1-3H3. The molecule has 0 aliphatic heterocycles. The van der Waals surface area contributed by atoms with E-state index in [0.29, 0.717) is 12.0 Å². The van der Waals surface area contributed by atoms with Crippen LogP contribution < -0.4 is 4.80 Å². The molecule has 3 atom stereocenters. The predicted octanol–water partition coefficient (Wildman–Crippen LogP) is 5.23. The van der Waals surface area contributed by atoms with Gasteiger partial charge in [-0.3, -0.25) is 0 Å². The van der Waals surface area contributed by atoms with E-state index in [9.17, 15) is 4.39 Å². The second kappa shape index (κ2) is 6.37. The largest absolute Gasteiger partial charge is 0.318 e. The van der Waals surface area contributed by atoms with Crippen molar-refractivity contribution in [3.8, 4) is 0 Å². The average molecular weight is 318 g/mol. The van der Waals surface area contributed by atoms with Crippen LogP contribution in [0.1, 0.15) is 44.8 Å². The monoisotopic (exact) mass is 318 g/mol. The van der Waals surface area contributed by atoms with E-state index in [-0.39, 0.29) is 5.82 Å². The van der Waals surface area contributed by atoms with Gasteiger partial charge < -0.3 is 4.57 Å². The summed E-state index contributed by atoms with van der Waals surface area (Å²) in [6, 6.07) is 6.93. The van der Waals surface area contributed by atoms with Gasteiger partial charge >= 0.3 is 0 Å². The highest BCUT2D eigenvalue weighted by Crippen LogP contribution is 2.37. The molecule has 22 heavy (non-hydrogen) atoms. The first-order valence-electron chi connectivity index (χ1n) is 8.03. The molecule has 2 aromatic rings. The molecule has 1 heterocycles. The highest BCUT2D eigenvalue weighted by molar-refractivity contribution is 7.07. The summed E-state index contributed by atoms with van der Waals surface area (Å²) < 4.78 is 15.4. The highest BCUT2D eigenvalue weighted by atomic mass is 32.1. The molecular formula is C18H23FN2S. The van der Waals surface area contributed by atoms with Crippen molar-refractivity contribution in [2.45, 2.75) is 46.1 Å². The van der Waals surface area contributed by atoms with Crippen LogP contribution in [0.4, 0.5) is 10.1 Å². The zero-order chi connectivity index (χ0) is 15.7. The number of aromatic nitrogens is 1. The van der Waals surface area contributed by atoms with Crippen LogP contribution in [-0.2, 0) is 0 Å². The zero-order valence-corrected chi connectivity index (χ0v) is 14.2. The Balaban J connectivity index is 2.02. The van der Waals surface area contributed by atoms with E-state index < -0.39 is 0 Å². The van der Waals surface area contributed by atoms with E-state index in [2.05, 4.69) is 30.7 Å². The van der Waals surface area contributed by atoms with E-state index in [1.54, 1.807) is 23.5 Å². The van der Waals surface area contributed by atoms with E-state index in [1.807, 2.05) is 0 Å². The number of nitrogens with zero attached hydrogens (tertiary/aromatic N) is 2. The van der Waals surface area contributed by atoms with Crippen molar-refractivity contribution < 1.29 is 4.39 Å². The SMILES string of the molecule is Cc1csc(=Nc2ccc(F)cc2)n1C1CCCC(C)C1C. The molecule has 1 saturated carbocycles. The normalized spacial score (nSPS) is 26.4. The highest BCUT2D eigenvalue weighted by Gasteiger charge is 2.29. The van der Waals surface area contributed by atoms with Crippen LogP contribution in [0, 0.1) is 24.6 Å². The van der Waals surface area contributed by atoms with Gasteiger partial charge in [-0.15, -0.1) is 11.3 Å². The summed E-state index contributed by atoms with van der Waals surface area (Å²) in [5.41, 5.74) is 2.09. The van der Waals surface area contributed by atoms with Crippen LogP contribution in [0.2, 0.25) is 0 Å². The molecule has 118 valence electrons. The molecule has 4 heteroatoms. The smallest absolute Gasteiger partial charge is 0.190 e.